The molecule has 0 aliphatic rings. The first-order chi connectivity index (χ1) is 20.3. The van der Waals surface area contributed by atoms with Crippen LogP contribution >= 0.6 is 0 Å². The second-order valence-electron chi connectivity index (χ2n) is 10.6. The first-order valence-electron chi connectivity index (χ1n) is 13.9. The molecule has 9 rings (SSSR count). The zero-order valence-electron chi connectivity index (χ0n) is 22.0. The summed E-state index contributed by atoms with van der Waals surface area (Å²) >= 11 is 0. The fourth-order valence-electron chi connectivity index (χ4n) is 6.28. The second-order valence-corrected chi connectivity index (χ2v) is 10.6. The summed E-state index contributed by atoms with van der Waals surface area (Å²) in [6.45, 7) is 0. The number of para-hydroxylation sites is 2. The number of furan rings is 2. The average Bonchev–Trinajstić information content (AvgIpc) is 3.60. The Morgan fingerprint density at radius 2 is 1.00 bits per heavy atom. The Morgan fingerprint density at radius 3 is 1.93 bits per heavy atom. The molecule has 3 heteroatoms. The fourth-order valence-corrected chi connectivity index (χ4v) is 6.28. The van der Waals surface area contributed by atoms with Crippen molar-refractivity contribution in [2.75, 3.05) is 4.90 Å². The van der Waals surface area contributed by atoms with E-state index in [0.29, 0.717) is 0 Å². The maximum atomic E-state index is 6.78. The summed E-state index contributed by atoms with van der Waals surface area (Å²) in [6, 6.07) is 48.9. The molecule has 0 radical (unpaired) electrons. The van der Waals surface area contributed by atoms with Gasteiger partial charge in [-0.05, 0) is 58.6 Å². The molecule has 0 aliphatic heterocycles. The van der Waals surface area contributed by atoms with Gasteiger partial charge in [0.05, 0.1) is 11.4 Å². The van der Waals surface area contributed by atoms with Crippen molar-refractivity contribution in [3.63, 3.8) is 0 Å². The van der Waals surface area contributed by atoms with E-state index in [4.69, 9.17) is 8.83 Å². The lowest BCUT2D eigenvalue weighted by Gasteiger charge is -2.26. The van der Waals surface area contributed by atoms with Crippen molar-refractivity contribution >= 4 is 82.5 Å². The van der Waals surface area contributed by atoms with Crippen LogP contribution < -0.4 is 4.90 Å². The third-order valence-corrected chi connectivity index (χ3v) is 8.22. The molecule has 192 valence electrons. The van der Waals surface area contributed by atoms with E-state index in [1.54, 1.807) is 0 Å². The second kappa shape index (κ2) is 8.48. The molecular weight excluding hydrogens is 502 g/mol. The first-order valence-corrected chi connectivity index (χ1v) is 13.9. The molecule has 0 spiro atoms. The van der Waals surface area contributed by atoms with Crippen LogP contribution in [0, 0.1) is 0 Å². The fraction of sp³-hybridized carbons (Fsp3) is 0. The van der Waals surface area contributed by atoms with Crippen molar-refractivity contribution in [2.24, 2.45) is 0 Å². The van der Waals surface area contributed by atoms with Crippen molar-refractivity contribution in [2.45, 2.75) is 0 Å². The number of hydrogen-bond acceptors (Lipinski definition) is 3. The van der Waals surface area contributed by atoms with Gasteiger partial charge in [-0.2, -0.15) is 0 Å². The van der Waals surface area contributed by atoms with Gasteiger partial charge in [-0.1, -0.05) is 91.0 Å². The summed E-state index contributed by atoms with van der Waals surface area (Å²) in [7, 11) is 0. The molecule has 2 aromatic heterocycles. The van der Waals surface area contributed by atoms with Crippen LogP contribution in [0.5, 0.6) is 0 Å². The van der Waals surface area contributed by atoms with E-state index in [9.17, 15) is 0 Å². The maximum Gasteiger partial charge on any atom is 0.159 e. The van der Waals surface area contributed by atoms with Gasteiger partial charge in [0.15, 0.2) is 5.58 Å². The number of benzene rings is 7. The van der Waals surface area contributed by atoms with Crippen molar-refractivity contribution in [3.8, 4) is 0 Å². The molecule has 9 aromatic rings. The van der Waals surface area contributed by atoms with Crippen LogP contribution in [-0.4, -0.2) is 0 Å². The minimum Gasteiger partial charge on any atom is -0.456 e. The van der Waals surface area contributed by atoms with E-state index >= 15 is 0 Å². The predicted molar refractivity (Wildman–Crippen MR) is 171 cm³/mol. The number of hydrogen-bond donors (Lipinski definition) is 0. The molecule has 41 heavy (non-hydrogen) atoms. The highest BCUT2D eigenvalue weighted by Crippen LogP contribution is 2.45. The first kappa shape index (κ1) is 22.3. The van der Waals surface area contributed by atoms with E-state index in [1.165, 1.54) is 16.2 Å². The average molecular weight is 526 g/mol. The molecule has 0 N–H and O–H groups in total. The Balaban J connectivity index is 1.34. The number of nitrogens with zero attached hydrogens (tertiary/aromatic N) is 1. The molecule has 7 aromatic carbocycles. The van der Waals surface area contributed by atoms with Crippen molar-refractivity contribution in [1.29, 1.82) is 0 Å². The molecule has 0 unspecified atom stereocenters. The van der Waals surface area contributed by atoms with E-state index in [1.807, 2.05) is 12.1 Å². The highest BCUT2D eigenvalue weighted by atomic mass is 16.3. The van der Waals surface area contributed by atoms with Gasteiger partial charge in [0.2, 0.25) is 0 Å². The van der Waals surface area contributed by atoms with Crippen molar-refractivity contribution in [3.05, 3.63) is 140 Å². The Kier molecular flexibility index (Phi) is 4.61. The standard InChI is InChI=1S/C38H23NO2/c1-2-10-26-22-27(18-16-24(26)8-1)39(28-19-21-31-30-12-5-6-15-35(30)40-36(31)23-28)34-14-7-13-32-33-20-17-25-9-3-4-11-29(25)37(33)41-38(32)34/h1-23H. The van der Waals surface area contributed by atoms with Crippen LogP contribution in [0.25, 0.3) is 65.4 Å². The van der Waals surface area contributed by atoms with Gasteiger partial charge in [-0.15, -0.1) is 0 Å². The Bertz CT molecular complexity index is 2450. The summed E-state index contributed by atoms with van der Waals surface area (Å²) in [5, 5.41) is 9.12. The maximum absolute atomic E-state index is 6.78. The van der Waals surface area contributed by atoms with Crippen LogP contribution in [0.4, 0.5) is 17.1 Å². The zero-order chi connectivity index (χ0) is 26.9. The third kappa shape index (κ3) is 3.33. The summed E-state index contributed by atoms with van der Waals surface area (Å²) in [5.74, 6) is 0. The van der Waals surface area contributed by atoms with E-state index < -0.39 is 0 Å². The van der Waals surface area contributed by atoms with E-state index in [0.717, 1.165) is 66.3 Å². The Morgan fingerprint density at radius 1 is 0.366 bits per heavy atom. The minimum atomic E-state index is 0.858. The highest BCUT2D eigenvalue weighted by Gasteiger charge is 2.21. The van der Waals surface area contributed by atoms with Crippen LogP contribution in [0.3, 0.4) is 0 Å². The lowest BCUT2D eigenvalue weighted by molar-refractivity contribution is 0.668. The minimum absolute atomic E-state index is 0.858. The van der Waals surface area contributed by atoms with Gasteiger partial charge in [0.1, 0.15) is 16.7 Å². The highest BCUT2D eigenvalue weighted by molar-refractivity contribution is 6.17. The van der Waals surface area contributed by atoms with Crippen LogP contribution in [-0.2, 0) is 0 Å². The largest absolute Gasteiger partial charge is 0.456 e. The van der Waals surface area contributed by atoms with Gasteiger partial charge in [-0.3, -0.25) is 0 Å². The molecular formula is C38H23NO2. The topological polar surface area (TPSA) is 29.5 Å². The zero-order valence-corrected chi connectivity index (χ0v) is 22.0. The van der Waals surface area contributed by atoms with Crippen LogP contribution in [0.15, 0.2) is 148 Å². The van der Waals surface area contributed by atoms with Crippen LogP contribution in [0.1, 0.15) is 0 Å². The van der Waals surface area contributed by atoms with E-state index in [2.05, 4.69) is 132 Å². The number of anilines is 3. The summed E-state index contributed by atoms with van der Waals surface area (Å²) < 4.78 is 13.1. The molecule has 0 bridgehead atoms. The smallest absolute Gasteiger partial charge is 0.159 e. The quantitative estimate of drug-likeness (QED) is 0.230. The third-order valence-electron chi connectivity index (χ3n) is 8.22. The van der Waals surface area contributed by atoms with Gasteiger partial charge < -0.3 is 13.7 Å². The lowest BCUT2D eigenvalue weighted by Crippen LogP contribution is -2.10. The van der Waals surface area contributed by atoms with Gasteiger partial charge in [0, 0.05) is 38.7 Å². The predicted octanol–water partition coefficient (Wildman–Crippen LogP) is 11.3. The van der Waals surface area contributed by atoms with Gasteiger partial charge in [-0.25, -0.2) is 0 Å². The molecule has 2 heterocycles. The number of fused-ring (bicyclic) bond motifs is 9. The molecule has 0 atom stereocenters. The molecule has 0 saturated heterocycles. The summed E-state index contributed by atoms with van der Waals surface area (Å²) in [5.41, 5.74) is 6.56. The molecule has 3 nitrogen and oxygen atoms in total. The SMILES string of the molecule is c1ccc2cc(N(c3ccc4c(c3)oc3ccccc34)c3cccc4c3oc3c5ccccc5ccc43)ccc2c1. The molecule has 0 saturated carbocycles. The van der Waals surface area contributed by atoms with Crippen LogP contribution in [0.2, 0.25) is 0 Å². The molecule has 0 fully saturated rings. The molecule has 0 amide bonds. The Labute approximate surface area is 235 Å². The monoisotopic (exact) mass is 525 g/mol. The van der Waals surface area contributed by atoms with Crippen molar-refractivity contribution < 1.29 is 8.83 Å². The Hall–Kier alpha value is -5.54. The normalized spacial score (nSPS) is 11.9. The number of rotatable bonds is 3. The van der Waals surface area contributed by atoms with Crippen molar-refractivity contribution in [1.82, 2.24) is 0 Å². The summed E-state index contributed by atoms with van der Waals surface area (Å²) in [6.07, 6.45) is 0. The summed E-state index contributed by atoms with van der Waals surface area (Å²) in [4.78, 5) is 2.28. The van der Waals surface area contributed by atoms with Gasteiger partial charge >= 0.3 is 0 Å². The van der Waals surface area contributed by atoms with E-state index in [-0.39, 0.29) is 0 Å². The lowest BCUT2D eigenvalue weighted by atomic mass is 10.0. The molecule has 0 aliphatic carbocycles. The van der Waals surface area contributed by atoms with Gasteiger partial charge in [0.25, 0.3) is 0 Å².